The van der Waals surface area contributed by atoms with Gasteiger partial charge in [0.2, 0.25) is 0 Å². The van der Waals surface area contributed by atoms with Crippen LogP contribution >= 0.6 is 0 Å². The van der Waals surface area contributed by atoms with Crippen molar-refractivity contribution in [2.75, 3.05) is 0 Å². The van der Waals surface area contributed by atoms with E-state index >= 15 is 0 Å². The highest BCUT2D eigenvalue weighted by Crippen LogP contribution is 2.43. The molecule has 0 aliphatic heterocycles. The molecule has 14 aromatic rings. The lowest BCUT2D eigenvalue weighted by Crippen LogP contribution is -2.14. The molecule has 7 aromatic heterocycles. The number of aliphatic hydroxyl groups excluding tert-OH is 7. The Kier molecular flexibility index (Phi) is 33.8. The number of H-pyrrole nitrogens is 7. The number of nitrogens with one attached hydrogen (secondary N) is 7. The summed E-state index contributed by atoms with van der Waals surface area (Å²) in [5, 5.41) is 72.0. The van der Waals surface area contributed by atoms with E-state index in [1.807, 2.05) is 39.0 Å². The number of aliphatic hydroxyl groups is 7. The highest BCUT2D eigenvalue weighted by molar-refractivity contribution is 5.71. The lowest BCUT2D eigenvalue weighted by Gasteiger charge is -2.29. The summed E-state index contributed by atoms with van der Waals surface area (Å²) in [7, 11) is 0. The molecular weight excluding hydrogens is 1600 g/mol. The van der Waals surface area contributed by atoms with E-state index in [1.54, 1.807) is 135 Å². The number of benzene rings is 7. The first-order valence-electron chi connectivity index (χ1n) is 42.7. The molecule has 0 bridgehead atoms. The van der Waals surface area contributed by atoms with Gasteiger partial charge in [0.1, 0.15) is 118 Å². The fourth-order valence-corrected chi connectivity index (χ4v) is 16.2. The maximum atomic E-state index is 13.5. The largest absolute Gasteiger partial charge is 0.380 e. The van der Waals surface area contributed by atoms with Crippen LogP contribution in [0.4, 0.5) is 26.3 Å². The van der Waals surface area contributed by atoms with E-state index in [-0.39, 0.29) is 34.9 Å². The standard InChI is InChI=1S/C15H17FN2O.C15H15FN2O.C15H16N2O.C14H15FN2O.3C13H15FN2O/c2*16-11-5-6-12(14(19)15-17-7-8-18-15)13(9-11)10-3-1-2-4-10;18-14(15-16-9-10-17-15)13-8-4-3-7-12(13)11-5-1-2-6-11;15-10-4-5-11(12(8-10)9-2-1-3-9)13(18)14-16-6-7-17-14;3*1-2-3-9-8-10(14)4-5-11(9)12(17)13-15-6-7-16-13/h5-10,14,19H,1-4H2,(H,17,18);3,5-9,14,19H,1-2,4H2,(H,17,18);3-5,7-10,14,18H,1-2,6H2,(H,16,17);4-9,13,18H,1-3H2,(H,16,17);3*4-8,12,17H,2-3H2,1H3,(H,15,16)/t;;;;2*12-;/m....10./s1. The first kappa shape index (κ1) is 92.0. The highest BCUT2D eigenvalue weighted by Gasteiger charge is 2.30. The Bertz CT molecular complexity index is 5410. The van der Waals surface area contributed by atoms with Crippen LogP contribution in [0.25, 0.3) is 11.1 Å². The predicted octanol–water partition coefficient (Wildman–Crippen LogP) is 20.2. The van der Waals surface area contributed by atoms with Crippen LogP contribution < -0.4 is 0 Å². The zero-order chi connectivity index (χ0) is 88.1. The second-order valence-corrected chi connectivity index (χ2v) is 31.1. The highest BCUT2D eigenvalue weighted by atomic mass is 19.1. The lowest BCUT2D eigenvalue weighted by atomic mass is 9.77. The summed E-state index contributed by atoms with van der Waals surface area (Å²) >= 11 is 0. The summed E-state index contributed by atoms with van der Waals surface area (Å²) in [6.45, 7) is 6.07. The summed E-state index contributed by atoms with van der Waals surface area (Å²) in [6, 6.07) is 35.2. The van der Waals surface area contributed by atoms with Crippen molar-refractivity contribution in [3.05, 3.63) is 386 Å². The summed E-state index contributed by atoms with van der Waals surface area (Å²) < 4.78 is 79.9. The molecule has 5 unspecified atom stereocenters. The minimum Gasteiger partial charge on any atom is -0.380 e. The molecule has 7 heterocycles. The molecule has 2 fully saturated rings. The number of aryl methyl sites for hydroxylation is 3. The molecule has 18 rings (SSSR count). The van der Waals surface area contributed by atoms with E-state index in [2.05, 4.69) is 88.0 Å². The van der Waals surface area contributed by atoms with Crippen LogP contribution in [0.15, 0.2) is 232 Å². The van der Waals surface area contributed by atoms with Gasteiger partial charge in [-0.05, 0) is 257 Å². The number of hydrogen-bond acceptors (Lipinski definition) is 14. The summed E-state index contributed by atoms with van der Waals surface area (Å²) in [4.78, 5) is 48.7. The van der Waals surface area contributed by atoms with E-state index < -0.39 is 42.7 Å². The van der Waals surface area contributed by atoms with Crippen LogP contribution in [0, 0.1) is 34.9 Å². The van der Waals surface area contributed by atoms with Crippen LogP contribution in [0.2, 0.25) is 0 Å². The maximum Gasteiger partial charge on any atom is 0.139 e. The molecule has 21 nitrogen and oxygen atoms in total. The van der Waals surface area contributed by atoms with Crippen molar-refractivity contribution in [2.45, 2.75) is 197 Å². The number of aromatic amines is 7. The molecule has 654 valence electrons. The molecule has 125 heavy (non-hydrogen) atoms. The van der Waals surface area contributed by atoms with Gasteiger partial charge in [-0.15, -0.1) is 0 Å². The molecule has 0 spiro atoms. The summed E-state index contributed by atoms with van der Waals surface area (Å²) in [5.41, 5.74) is 14.0. The monoisotopic (exact) mass is 1710 g/mol. The van der Waals surface area contributed by atoms with Gasteiger partial charge < -0.3 is 70.6 Å². The normalized spacial score (nSPS) is 15.3. The van der Waals surface area contributed by atoms with Gasteiger partial charge in [0, 0.05) is 86.8 Å². The van der Waals surface area contributed by atoms with Crippen molar-refractivity contribution in [1.82, 2.24) is 69.8 Å². The maximum absolute atomic E-state index is 13.5. The van der Waals surface area contributed by atoms with Gasteiger partial charge in [0.15, 0.2) is 0 Å². The van der Waals surface area contributed by atoms with Crippen molar-refractivity contribution >= 4 is 11.1 Å². The smallest absolute Gasteiger partial charge is 0.139 e. The summed E-state index contributed by atoms with van der Waals surface area (Å²) in [6.07, 6.45) is 40.9. The number of allylic oxidation sites excluding steroid dienone is 4. The van der Waals surface area contributed by atoms with Crippen molar-refractivity contribution in [2.24, 2.45) is 0 Å². The summed E-state index contributed by atoms with van der Waals surface area (Å²) in [5.74, 6) is 2.67. The Balaban J connectivity index is 0.000000133. The van der Waals surface area contributed by atoms with E-state index in [4.69, 9.17) is 0 Å². The second kappa shape index (κ2) is 46.0. The average Bonchev–Trinajstić information content (AvgIpc) is 1.67. The van der Waals surface area contributed by atoms with Crippen LogP contribution in [0.3, 0.4) is 0 Å². The van der Waals surface area contributed by atoms with Crippen molar-refractivity contribution < 1.29 is 62.1 Å². The average molecular weight is 1710 g/mol. The van der Waals surface area contributed by atoms with Crippen LogP contribution in [-0.4, -0.2) is 106 Å². The minimum absolute atomic E-state index is 0.239. The Hall–Kier alpha value is -12.2. The molecule has 7 atom stereocenters. The first-order chi connectivity index (χ1) is 60.8. The third kappa shape index (κ3) is 24.7. The van der Waals surface area contributed by atoms with Gasteiger partial charge in [-0.2, -0.15) is 0 Å². The number of imidazole rings is 7. The van der Waals surface area contributed by atoms with Gasteiger partial charge in [-0.1, -0.05) is 132 Å². The quantitative estimate of drug-likeness (QED) is 0.0250. The molecule has 0 amide bonds. The van der Waals surface area contributed by atoms with Crippen LogP contribution in [0.1, 0.15) is 297 Å². The zero-order valence-electron chi connectivity index (χ0n) is 70.1. The van der Waals surface area contributed by atoms with Gasteiger partial charge >= 0.3 is 0 Å². The molecule has 4 aliphatic rings. The molecule has 27 heteroatoms. The predicted molar refractivity (Wildman–Crippen MR) is 467 cm³/mol. The second-order valence-electron chi connectivity index (χ2n) is 31.1. The third-order valence-corrected chi connectivity index (χ3v) is 22.6. The number of halogens is 6. The van der Waals surface area contributed by atoms with E-state index in [9.17, 15) is 62.1 Å². The van der Waals surface area contributed by atoms with Crippen molar-refractivity contribution in [3.63, 3.8) is 0 Å². The third-order valence-electron chi connectivity index (χ3n) is 22.6. The van der Waals surface area contributed by atoms with Crippen LogP contribution in [0.5, 0.6) is 0 Å². The molecule has 2 saturated carbocycles. The van der Waals surface area contributed by atoms with Crippen molar-refractivity contribution in [1.29, 1.82) is 0 Å². The minimum atomic E-state index is -0.855. The number of aromatic nitrogens is 14. The molecule has 0 saturated heterocycles. The van der Waals surface area contributed by atoms with E-state index in [1.165, 1.54) is 91.9 Å². The van der Waals surface area contributed by atoms with Gasteiger partial charge in [-0.25, -0.2) is 61.2 Å². The molecule has 7 aromatic carbocycles. The van der Waals surface area contributed by atoms with Gasteiger partial charge in [0.25, 0.3) is 0 Å². The Morgan fingerprint density at radius 3 is 0.848 bits per heavy atom. The topological polar surface area (TPSA) is 342 Å². The fourth-order valence-electron chi connectivity index (χ4n) is 16.2. The molecule has 4 aliphatic carbocycles. The fraction of sp³-hybridized carbons (Fsp3) is 0.316. The number of rotatable bonds is 24. The zero-order valence-corrected chi connectivity index (χ0v) is 70.1. The van der Waals surface area contributed by atoms with E-state index in [0.717, 1.165) is 158 Å². The molecule has 14 N–H and O–H groups in total. The van der Waals surface area contributed by atoms with Crippen molar-refractivity contribution in [3.8, 4) is 0 Å². The first-order valence-corrected chi connectivity index (χ1v) is 42.7. The SMILES string of the molecule is CCCc1cc(F)ccc1C(O)c1ncc[nH]1.CCCc1cc(F)ccc1[C@@H](O)c1ncc[nH]1.CCCc1cc(F)ccc1[C@H](O)c1ncc[nH]1.OC(c1ncc[nH]1)c1ccc(F)cc1C1=CCCC1.OC(c1ncc[nH]1)c1ccc(F)cc1C1CCC1.OC(c1ncc[nH]1)c1ccc(F)cc1C1CCCC1.OC(c1ncc[nH]1)c1ccccc1C1=CCCC1. The number of nitrogens with zero attached hydrogens (tertiary/aromatic N) is 7. The Morgan fingerprint density at radius 1 is 0.296 bits per heavy atom. The Labute approximate surface area is 722 Å². The van der Waals surface area contributed by atoms with Crippen LogP contribution in [-0.2, 0) is 19.3 Å². The van der Waals surface area contributed by atoms with Gasteiger partial charge in [-0.3, -0.25) is 0 Å². The molecule has 0 radical (unpaired) electrons. The Morgan fingerprint density at radius 2 is 0.560 bits per heavy atom. The lowest BCUT2D eigenvalue weighted by molar-refractivity contribution is 0.207. The number of hydrogen-bond donors (Lipinski definition) is 14. The molecular formula is C98H108F6N14O7. The van der Waals surface area contributed by atoms with Gasteiger partial charge in [0.05, 0.1) is 0 Å². The van der Waals surface area contributed by atoms with E-state index in [0.29, 0.717) is 74.9 Å².